The summed E-state index contributed by atoms with van der Waals surface area (Å²) >= 11 is 0. The average molecular weight is 342 g/mol. The van der Waals surface area contributed by atoms with Gasteiger partial charge in [0.15, 0.2) is 6.04 Å². The number of rotatable bonds is 6. The second-order valence-electron chi connectivity index (χ2n) is 6.61. The van der Waals surface area contributed by atoms with E-state index in [1.165, 1.54) is 0 Å². The second kappa shape index (κ2) is 8.27. The molecule has 1 saturated heterocycles. The van der Waals surface area contributed by atoms with Gasteiger partial charge in [-0.05, 0) is 25.5 Å². The molecule has 1 N–H and O–H groups in total. The molecule has 0 aliphatic carbocycles. The van der Waals surface area contributed by atoms with E-state index in [4.69, 9.17) is 4.74 Å². The minimum atomic E-state index is -0.446. The van der Waals surface area contributed by atoms with Crippen LogP contribution in [0.5, 0.6) is 0 Å². The fraction of sp³-hybridized carbons (Fsp3) is 0.474. The van der Waals surface area contributed by atoms with Gasteiger partial charge in [-0.1, -0.05) is 30.3 Å². The predicted octanol–water partition coefficient (Wildman–Crippen LogP) is 1.70. The Morgan fingerprint density at radius 2 is 1.96 bits per heavy atom. The molecule has 1 aliphatic rings. The zero-order valence-electron chi connectivity index (χ0n) is 14.8. The van der Waals surface area contributed by atoms with Crippen molar-refractivity contribution in [2.45, 2.75) is 32.1 Å². The third-order valence-electron chi connectivity index (χ3n) is 4.38. The van der Waals surface area contributed by atoms with Gasteiger partial charge in [0, 0.05) is 38.6 Å². The summed E-state index contributed by atoms with van der Waals surface area (Å²) in [5.41, 5.74) is 0.928. The van der Waals surface area contributed by atoms with E-state index in [1.54, 1.807) is 10.9 Å². The molecular weight excluding hydrogens is 316 g/mol. The lowest BCUT2D eigenvalue weighted by atomic mass is 10.1. The number of carbonyl (C=O) groups is 1. The van der Waals surface area contributed by atoms with Crippen LogP contribution in [0.3, 0.4) is 0 Å². The Morgan fingerprint density at radius 1 is 1.24 bits per heavy atom. The van der Waals surface area contributed by atoms with Crippen molar-refractivity contribution in [2.24, 2.45) is 0 Å². The van der Waals surface area contributed by atoms with E-state index >= 15 is 0 Å². The third kappa shape index (κ3) is 4.67. The van der Waals surface area contributed by atoms with Crippen LogP contribution < -0.4 is 5.32 Å². The molecule has 3 rings (SSSR count). The number of amides is 1. The van der Waals surface area contributed by atoms with Gasteiger partial charge in [0.1, 0.15) is 0 Å². The van der Waals surface area contributed by atoms with E-state index < -0.39 is 6.04 Å². The molecule has 3 atom stereocenters. The van der Waals surface area contributed by atoms with Crippen LogP contribution >= 0.6 is 0 Å². The van der Waals surface area contributed by atoms with E-state index in [1.807, 2.05) is 42.6 Å². The summed E-state index contributed by atoms with van der Waals surface area (Å²) < 4.78 is 7.45. The molecule has 2 aromatic rings. The van der Waals surface area contributed by atoms with Gasteiger partial charge < -0.3 is 10.1 Å². The standard InChI is InChI=1S/C19H26N4O2/c1-15-13-22(14-16(2)25-15)12-10-20-19(24)18(23-11-6-9-21-23)17-7-4-3-5-8-17/h3-9,11,15-16,18H,10,12-14H2,1-2H3,(H,20,24)/t15-,16-,18-/m1/s1. The van der Waals surface area contributed by atoms with Gasteiger partial charge in [0.25, 0.3) is 0 Å². The van der Waals surface area contributed by atoms with Crippen LogP contribution in [0.1, 0.15) is 25.5 Å². The normalized spacial score (nSPS) is 22.5. The monoisotopic (exact) mass is 342 g/mol. The molecule has 134 valence electrons. The summed E-state index contributed by atoms with van der Waals surface area (Å²) in [6.45, 7) is 7.42. The highest BCUT2D eigenvalue weighted by atomic mass is 16.5. The summed E-state index contributed by atoms with van der Waals surface area (Å²) in [6, 6.07) is 11.1. The molecule has 0 bridgehead atoms. The summed E-state index contributed by atoms with van der Waals surface area (Å²) in [4.78, 5) is 15.1. The highest BCUT2D eigenvalue weighted by molar-refractivity contribution is 5.83. The van der Waals surface area contributed by atoms with Crippen molar-refractivity contribution in [2.75, 3.05) is 26.2 Å². The van der Waals surface area contributed by atoms with Gasteiger partial charge in [0.2, 0.25) is 5.91 Å². The Labute approximate surface area is 148 Å². The lowest BCUT2D eigenvalue weighted by Gasteiger charge is -2.35. The lowest BCUT2D eigenvalue weighted by molar-refractivity contribution is -0.123. The summed E-state index contributed by atoms with van der Waals surface area (Å²) in [5, 5.41) is 7.32. The van der Waals surface area contributed by atoms with Crippen molar-refractivity contribution in [1.29, 1.82) is 0 Å². The first kappa shape index (κ1) is 17.6. The van der Waals surface area contributed by atoms with Gasteiger partial charge in [-0.25, -0.2) is 0 Å². The van der Waals surface area contributed by atoms with Crippen molar-refractivity contribution in [3.05, 3.63) is 54.4 Å². The Morgan fingerprint density at radius 3 is 2.60 bits per heavy atom. The van der Waals surface area contributed by atoms with E-state index in [-0.39, 0.29) is 18.1 Å². The summed E-state index contributed by atoms with van der Waals surface area (Å²) in [6.07, 6.45) is 3.99. The van der Waals surface area contributed by atoms with Crippen molar-refractivity contribution in [1.82, 2.24) is 20.0 Å². The van der Waals surface area contributed by atoms with Gasteiger partial charge in [-0.2, -0.15) is 5.10 Å². The molecule has 1 aromatic carbocycles. The van der Waals surface area contributed by atoms with Crippen molar-refractivity contribution >= 4 is 5.91 Å². The maximum Gasteiger partial charge on any atom is 0.249 e. The predicted molar refractivity (Wildman–Crippen MR) is 96.3 cm³/mol. The number of nitrogens with one attached hydrogen (secondary N) is 1. The smallest absolute Gasteiger partial charge is 0.249 e. The molecular formula is C19H26N4O2. The molecule has 1 amide bonds. The number of ether oxygens (including phenoxy) is 1. The molecule has 0 spiro atoms. The number of aromatic nitrogens is 2. The first-order valence-electron chi connectivity index (χ1n) is 8.83. The van der Waals surface area contributed by atoms with Gasteiger partial charge in [-0.15, -0.1) is 0 Å². The van der Waals surface area contributed by atoms with Crippen molar-refractivity contribution in [3.63, 3.8) is 0 Å². The average Bonchev–Trinajstić information content (AvgIpc) is 3.09. The van der Waals surface area contributed by atoms with E-state index in [0.29, 0.717) is 6.54 Å². The minimum Gasteiger partial charge on any atom is -0.373 e. The van der Waals surface area contributed by atoms with E-state index in [9.17, 15) is 4.79 Å². The first-order chi connectivity index (χ1) is 12.1. The number of hydrogen-bond donors (Lipinski definition) is 1. The maximum absolute atomic E-state index is 12.8. The highest BCUT2D eigenvalue weighted by Crippen LogP contribution is 2.17. The SMILES string of the molecule is C[C@@H]1CN(CCNC(=O)[C@@H](c2ccccc2)n2cccn2)C[C@@H](C)O1. The number of carbonyl (C=O) groups excluding carboxylic acids is 1. The third-order valence-corrected chi connectivity index (χ3v) is 4.38. The van der Waals surface area contributed by atoms with Crippen LogP contribution in [0.15, 0.2) is 48.8 Å². The maximum atomic E-state index is 12.8. The Hall–Kier alpha value is -2.18. The second-order valence-corrected chi connectivity index (χ2v) is 6.61. The van der Waals surface area contributed by atoms with Crippen molar-refractivity contribution in [3.8, 4) is 0 Å². The fourth-order valence-corrected chi connectivity index (χ4v) is 3.39. The van der Waals surface area contributed by atoms with Crippen LogP contribution in [-0.4, -0.2) is 59.0 Å². The highest BCUT2D eigenvalue weighted by Gasteiger charge is 2.24. The van der Waals surface area contributed by atoms with Gasteiger partial charge in [0.05, 0.1) is 12.2 Å². The Balaban J connectivity index is 1.60. The zero-order chi connectivity index (χ0) is 17.6. The molecule has 6 heteroatoms. The van der Waals surface area contributed by atoms with Crippen LogP contribution in [-0.2, 0) is 9.53 Å². The van der Waals surface area contributed by atoms with Gasteiger partial charge in [-0.3, -0.25) is 14.4 Å². The molecule has 6 nitrogen and oxygen atoms in total. The van der Waals surface area contributed by atoms with Crippen LogP contribution in [0, 0.1) is 0 Å². The molecule has 0 saturated carbocycles. The number of hydrogen-bond acceptors (Lipinski definition) is 4. The zero-order valence-corrected chi connectivity index (χ0v) is 14.8. The molecule has 1 aliphatic heterocycles. The van der Waals surface area contributed by atoms with Gasteiger partial charge >= 0.3 is 0 Å². The van der Waals surface area contributed by atoms with Crippen LogP contribution in [0.2, 0.25) is 0 Å². The number of nitrogens with zero attached hydrogens (tertiary/aromatic N) is 3. The van der Waals surface area contributed by atoms with Crippen molar-refractivity contribution < 1.29 is 9.53 Å². The molecule has 0 unspecified atom stereocenters. The molecule has 25 heavy (non-hydrogen) atoms. The Bertz CT molecular complexity index is 649. The quantitative estimate of drug-likeness (QED) is 0.868. The molecule has 2 heterocycles. The van der Waals surface area contributed by atoms with E-state index in [2.05, 4.69) is 29.2 Å². The topological polar surface area (TPSA) is 59.4 Å². The fourth-order valence-electron chi connectivity index (χ4n) is 3.39. The first-order valence-corrected chi connectivity index (χ1v) is 8.83. The van der Waals surface area contributed by atoms with Crippen LogP contribution in [0.4, 0.5) is 0 Å². The largest absolute Gasteiger partial charge is 0.373 e. The molecule has 1 aromatic heterocycles. The minimum absolute atomic E-state index is 0.0377. The van der Waals surface area contributed by atoms with E-state index in [0.717, 1.165) is 25.2 Å². The molecule has 1 fully saturated rings. The number of benzene rings is 1. The number of morpholine rings is 1. The lowest BCUT2D eigenvalue weighted by Crippen LogP contribution is -2.48. The summed E-state index contributed by atoms with van der Waals surface area (Å²) in [7, 11) is 0. The molecule has 0 radical (unpaired) electrons. The Kier molecular flexibility index (Phi) is 5.83. The summed E-state index contributed by atoms with van der Waals surface area (Å²) in [5.74, 6) is -0.0377. The van der Waals surface area contributed by atoms with Crippen LogP contribution in [0.25, 0.3) is 0 Å².